The highest BCUT2D eigenvalue weighted by Crippen LogP contribution is 2.38. The Morgan fingerprint density at radius 1 is 1.41 bits per heavy atom. The second kappa shape index (κ2) is 12.2. The molecule has 0 fully saturated rings. The van der Waals surface area contributed by atoms with E-state index in [0.29, 0.717) is 25.7 Å². The van der Waals surface area contributed by atoms with Crippen LogP contribution in [0.1, 0.15) is 72.6 Å². The summed E-state index contributed by atoms with van der Waals surface area (Å²) in [5, 5.41) is 31.4. The van der Waals surface area contributed by atoms with Gasteiger partial charge < -0.3 is 24.9 Å². The predicted octanol–water partition coefficient (Wildman–Crippen LogP) is 3.51. The molecular weight excluding hydrogens is 368 g/mol. The number of hydrogen-bond donors (Lipinski definition) is 2. The number of aliphatic carboxylic acids is 1. The number of hydrogen-bond acceptors (Lipinski definition) is 5. The summed E-state index contributed by atoms with van der Waals surface area (Å²) < 4.78 is 6.21. The molecule has 5 atom stereocenters. The topological polar surface area (TPSA) is 89.8 Å². The smallest absolute Gasteiger partial charge is 0.121 e. The third-order valence-electron chi connectivity index (χ3n) is 6.14. The summed E-state index contributed by atoms with van der Waals surface area (Å²) in [5.74, 6) is -0.247. The molecule has 29 heavy (non-hydrogen) atoms. The number of allylic oxidation sites excluding steroid dienone is 4. The second-order valence-corrected chi connectivity index (χ2v) is 8.36. The standard InChI is InChI=1S/C24H40O5/c1-6-19-12-11-17(4)21(22(19)29-20(7-2)16-25)13-15-24(28,8-3)14-9-10-18(5)23(26)27/h8,11-12,17-18,20-21,25,28H,3,6-7,9-10,13-16H2,1-2,4-5H3,(H,26,27)/p-1. The molecule has 0 amide bonds. The first-order valence-corrected chi connectivity index (χ1v) is 11.0. The molecule has 2 N–H and O–H groups in total. The van der Waals surface area contributed by atoms with Crippen LogP contribution in [0.2, 0.25) is 0 Å². The zero-order valence-electron chi connectivity index (χ0n) is 18.5. The van der Waals surface area contributed by atoms with Crippen molar-refractivity contribution in [3.05, 3.63) is 36.1 Å². The van der Waals surface area contributed by atoms with Gasteiger partial charge in [-0.05, 0) is 62.4 Å². The van der Waals surface area contributed by atoms with Crippen LogP contribution in [0, 0.1) is 17.8 Å². The van der Waals surface area contributed by atoms with Crippen molar-refractivity contribution in [1.29, 1.82) is 0 Å². The van der Waals surface area contributed by atoms with Gasteiger partial charge in [0, 0.05) is 11.9 Å². The fourth-order valence-corrected chi connectivity index (χ4v) is 3.81. The number of aliphatic hydroxyl groups excluding tert-OH is 1. The summed E-state index contributed by atoms with van der Waals surface area (Å²) in [7, 11) is 0. The highest BCUT2D eigenvalue weighted by atomic mass is 16.5. The van der Waals surface area contributed by atoms with E-state index in [1.54, 1.807) is 13.0 Å². The van der Waals surface area contributed by atoms with E-state index in [4.69, 9.17) is 4.74 Å². The van der Waals surface area contributed by atoms with Gasteiger partial charge in [0.1, 0.15) is 11.9 Å². The van der Waals surface area contributed by atoms with Crippen molar-refractivity contribution in [3.63, 3.8) is 0 Å². The predicted molar refractivity (Wildman–Crippen MR) is 114 cm³/mol. The van der Waals surface area contributed by atoms with Gasteiger partial charge in [-0.3, -0.25) is 0 Å². The van der Waals surface area contributed by atoms with E-state index in [1.165, 1.54) is 0 Å². The molecule has 0 aromatic rings. The lowest BCUT2D eigenvalue weighted by atomic mass is 9.78. The van der Waals surface area contributed by atoms with E-state index >= 15 is 0 Å². The average Bonchev–Trinajstić information content (AvgIpc) is 2.71. The molecule has 0 saturated heterocycles. The molecule has 0 heterocycles. The zero-order chi connectivity index (χ0) is 22.0. The van der Waals surface area contributed by atoms with Gasteiger partial charge >= 0.3 is 0 Å². The first kappa shape index (κ1) is 25.4. The van der Waals surface area contributed by atoms with Crippen LogP contribution >= 0.6 is 0 Å². The number of aliphatic hydroxyl groups is 2. The lowest BCUT2D eigenvalue weighted by molar-refractivity contribution is -0.311. The van der Waals surface area contributed by atoms with E-state index in [0.717, 1.165) is 30.6 Å². The Kier molecular flexibility index (Phi) is 10.7. The second-order valence-electron chi connectivity index (χ2n) is 8.36. The lowest BCUT2D eigenvalue weighted by Gasteiger charge is -2.34. The SMILES string of the molecule is C=CC(O)(CCCC(C)C(=O)[O-])CCC1C(OC(CC)CO)=C(CC)C=CC1C. The average molecular weight is 408 g/mol. The molecule has 0 bridgehead atoms. The maximum Gasteiger partial charge on any atom is 0.121 e. The molecule has 5 nitrogen and oxygen atoms in total. The minimum Gasteiger partial charge on any atom is -0.550 e. The van der Waals surface area contributed by atoms with Crippen LogP contribution in [0.15, 0.2) is 36.1 Å². The van der Waals surface area contributed by atoms with Gasteiger partial charge in [0.05, 0.1) is 12.2 Å². The minimum atomic E-state index is -1.05. The summed E-state index contributed by atoms with van der Waals surface area (Å²) in [5.41, 5.74) is 0.107. The molecule has 0 aromatic heterocycles. The summed E-state index contributed by atoms with van der Waals surface area (Å²) in [4.78, 5) is 10.9. The van der Waals surface area contributed by atoms with E-state index in [-0.39, 0.29) is 24.5 Å². The molecule has 0 aromatic carbocycles. The maximum atomic E-state index is 11.0. The number of carboxylic acids is 1. The van der Waals surface area contributed by atoms with Crippen LogP contribution in [0.3, 0.4) is 0 Å². The molecule has 0 spiro atoms. The third kappa shape index (κ3) is 7.63. The Bertz CT molecular complexity index is 590. The molecule has 1 aliphatic rings. The fraction of sp³-hybridized carbons (Fsp3) is 0.708. The van der Waals surface area contributed by atoms with Crippen molar-refractivity contribution in [2.24, 2.45) is 17.8 Å². The van der Waals surface area contributed by atoms with Crippen LogP contribution in [0.5, 0.6) is 0 Å². The van der Waals surface area contributed by atoms with Gasteiger partial charge in [0.15, 0.2) is 0 Å². The number of ether oxygens (including phenoxy) is 1. The van der Waals surface area contributed by atoms with Gasteiger partial charge in [-0.25, -0.2) is 0 Å². The molecule has 5 heteroatoms. The largest absolute Gasteiger partial charge is 0.550 e. The fourth-order valence-electron chi connectivity index (χ4n) is 3.81. The highest BCUT2D eigenvalue weighted by Gasteiger charge is 2.32. The van der Waals surface area contributed by atoms with Gasteiger partial charge in [-0.15, -0.1) is 6.58 Å². The molecule has 5 unspecified atom stereocenters. The summed E-state index contributed by atoms with van der Waals surface area (Å²) in [6, 6.07) is 0. The Balaban J connectivity index is 2.85. The number of rotatable bonds is 14. The van der Waals surface area contributed by atoms with E-state index < -0.39 is 17.5 Å². The van der Waals surface area contributed by atoms with Crippen LogP contribution in [0.25, 0.3) is 0 Å². The van der Waals surface area contributed by atoms with E-state index in [1.807, 2.05) is 6.92 Å². The van der Waals surface area contributed by atoms with Crippen molar-refractivity contribution in [2.75, 3.05) is 6.61 Å². The quantitative estimate of drug-likeness (QED) is 0.430. The highest BCUT2D eigenvalue weighted by molar-refractivity contribution is 5.66. The Morgan fingerprint density at radius 2 is 2.10 bits per heavy atom. The minimum absolute atomic E-state index is 0.0188. The first-order chi connectivity index (χ1) is 13.7. The van der Waals surface area contributed by atoms with Crippen molar-refractivity contribution < 1.29 is 24.9 Å². The first-order valence-electron chi connectivity index (χ1n) is 11.0. The zero-order valence-corrected chi connectivity index (χ0v) is 18.5. The van der Waals surface area contributed by atoms with Crippen LogP contribution < -0.4 is 5.11 Å². The van der Waals surface area contributed by atoms with E-state index in [2.05, 4.69) is 32.6 Å². The van der Waals surface area contributed by atoms with Gasteiger partial charge in [-0.1, -0.05) is 45.9 Å². The number of carboxylic acid groups (broad SMARTS) is 1. The Hall–Kier alpha value is -1.59. The van der Waals surface area contributed by atoms with Crippen LogP contribution in [-0.2, 0) is 9.53 Å². The monoisotopic (exact) mass is 407 g/mol. The van der Waals surface area contributed by atoms with Crippen molar-refractivity contribution in [3.8, 4) is 0 Å². The molecular formula is C24H39O5-. The molecule has 166 valence electrons. The molecule has 1 aliphatic carbocycles. The Morgan fingerprint density at radius 3 is 2.62 bits per heavy atom. The molecule has 1 rings (SSSR count). The lowest BCUT2D eigenvalue weighted by Crippen LogP contribution is -2.31. The van der Waals surface area contributed by atoms with Gasteiger partial charge in [-0.2, -0.15) is 0 Å². The van der Waals surface area contributed by atoms with Crippen LogP contribution in [0.4, 0.5) is 0 Å². The number of carbonyl (C=O) groups is 1. The van der Waals surface area contributed by atoms with Crippen molar-refractivity contribution in [1.82, 2.24) is 0 Å². The maximum absolute atomic E-state index is 11.0. The summed E-state index contributed by atoms with van der Waals surface area (Å²) in [6.45, 7) is 11.6. The normalized spacial score (nSPS) is 23.4. The Labute approximate surface area is 176 Å². The third-order valence-corrected chi connectivity index (χ3v) is 6.14. The molecule has 0 radical (unpaired) electrons. The van der Waals surface area contributed by atoms with Gasteiger partial charge in [0.25, 0.3) is 0 Å². The number of carbonyl (C=O) groups excluding carboxylic acids is 1. The molecule has 0 aliphatic heterocycles. The van der Waals surface area contributed by atoms with Crippen molar-refractivity contribution >= 4 is 5.97 Å². The van der Waals surface area contributed by atoms with Gasteiger partial charge in [0.2, 0.25) is 0 Å². The van der Waals surface area contributed by atoms with Crippen molar-refractivity contribution in [2.45, 2.75) is 84.3 Å². The molecule has 0 saturated carbocycles. The summed E-state index contributed by atoms with van der Waals surface area (Å²) >= 11 is 0. The van der Waals surface area contributed by atoms with Crippen LogP contribution in [-0.4, -0.2) is 34.5 Å². The van der Waals surface area contributed by atoms with E-state index in [9.17, 15) is 20.1 Å². The summed E-state index contributed by atoms with van der Waals surface area (Å²) in [6.07, 6.45) is 10.0.